The Morgan fingerprint density at radius 1 is 1.39 bits per heavy atom. The number of likely N-dealkylation sites (N-methyl/N-ethyl adjacent to an activating group) is 1. The summed E-state index contributed by atoms with van der Waals surface area (Å²) in [6.07, 6.45) is 0.459. The monoisotopic (exact) mass is 272 g/mol. The maximum absolute atomic E-state index is 13.0. The number of hydrogen-bond donors (Lipinski definition) is 1. The highest BCUT2D eigenvalue weighted by Gasteiger charge is 2.11. The second-order valence-electron chi connectivity index (χ2n) is 3.96. The molecule has 0 fully saturated rings. The number of thiocarbonyl (C=S) groups is 1. The van der Waals surface area contributed by atoms with Crippen molar-refractivity contribution in [2.75, 3.05) is 13.6 Å². The van der Waals surface area contributed by atoms with Gasteiger partial charge in [-0.3, -0.25) is 4.79 Å². The van der Waals surface area contributed by atoms with E-state index in [4.69, 9.17) is 18.0 Å². The van der Waals surface area contributed by atoms with E-state index in [1.807, 2.05) is 0 Å². The highest BCUT2D eigenvalue weighted by Crippen LogP contribution is 2.10. The van der Waals surface area contributed by atoms with Crippen LogP contribution in [0.15, 0.2) is 18.2 Å². The number of rotatable bonds is 5. The third kappa shape index (κ3) is 4.37. The summed E-state index contributed by atoms with van der Waals surface area (Å²) in [4.78, 5) is 13.5. The van der Waals surface area contributed by atoms with Crippen molar-refractivity contribution in [3.05, 3.63) is 35.4 Å². The van der Waals surface area contributed by atoms with E-state index in [2.05, 4.69) is 0 Å². The fourth-order valence-corrected chi connectivity index (χ4v) is 1.45. The van der Waals surface area contributed by atoms with E-state index in [-0.39, 0.29) is 12.3 Å². The SMILES string of the molecule is CN(CCC(N)=S)C(=O)Cc1ccc(F)c(F)c1. The van der Waals surface area contributed by atoms with Gasteiger partial charge in [0, 0.05) is 20.0 Å². The fourth-order valence-electron chi connectivity index (χ4n) is 1.36. The lowest BCUT2D eigenvalue weighted by molar-refractivity contribution is -0.129. The van der Waals surface area contributed by atoms with E-state index in [1.54, 1.807) is 7.05 Å². The van der Waals surface area contributed by atoms with Gasteiger partial charge in [0.15, 0.2) is 11.6 Å². The predicted octanol–water partition coefficient (Wildman–Crippen LogP) is 1.64. The first-order valence-corrected chi connectivity index (χ1v) is 5.77. The summed E-state index contributed by atoms with van der Waals surface area (Å²) in [6, 6.07) is 3.42. The van der Waals surface area contributed by atoms with E-state index < -0.39 is 11.6 Å². The van der Waals surface area contributed by atoms with Crippen LogP contribution in [0.5, 0.6) is 0 Å². The minimum Gasteiger partial charge on any atom is -0.393 e. The zero-order valence-corrected chi connectivity index (χ0v) is 10.8. The molecule has 0 saturated heterocycles. The lowest BCUT2D eigenvalue weighted by Gasteiger charge is -2.16. The number of carbonyl (C=O) groups is 1. The van der Waals surface area contributed by atoms with Crippen molar-refractivity contribution in [1.82, 2.24) is 4.90 Å². The second-order valence-corrected chi connectivity index (χ2v) is 4.48. The Morgan fingerprint density at radius 2 is 2.06 bits per heavy atom. The Kier molecular flexibility index (Phi) is 5.15. The van der Waals surface area contributed by atoms with E-state index >= 15 is 0 Å². The van der Waals surface area contributed by atoms with Gasteiger partial charge < -0.3 is 10.6 Å². The van der Waals surface area contributed by atoms with Gasteiger partial charge in [0.25, 0.3) is 0 Å². The van der Waals surface area contributed by atoms with Crippen LogP contribution in [0.25, 0.3) is 0 Å². The van der Waals surface area contributed by atoms with Crippen LogP contribution in [-0.4, -0.2) is 29.4 Å². The first-order chi connectivity index (χ1) is 8.40. The Balaban J connectivity index is 2.58. The predicted molar refractivity (Wildman–Crippen MR) is 69.1 cm³/mol. The lowest BCUT2D eigenvalue weighted by atomic mass is 10.1. The Bertz CT molecular complexity index is 465. The fraction of sp³-hybridized carbons (Fsp3) is 0.333. The normalized spacial score (nSPS) is 10.2. The van der Waals surface area contributed by atoms with Crippen LogP contribution in [0.3, 0.4) is 0 Å². The largest absolute Gasteiger partial charge is 0.393 e. The van der Waals surface area contributed by atoms with Crippen molar-refractivity contribution in [3.8, 4) is 0 Å². The molecule has 0 aliphatic carbocycles. The maximum atomic E-state index is 13.0. The van der Waals surface area contributed by atoms with Crippen LogP contribution in [0.1, 0.15) is 12.0 Å². The van der Waals surface area contributed by atoms with Crippen molar-refractivity contribution in [1.29, 1.82) is 0 Å². The number of halogens is 2. The van der Waals surface area contributed by atoms with Gasteiger partial charge in [-0.05, 0) is 17.7 Å². The van der Waals surface area contributed by atoms with Gasteiger partial charge in [-0.15, -0.1) is 0 Å². The van der Waals surface area contributed by atoms with Crippen LogP contribution in [0, 0.1) is 11.6 Å². The van der Waals surface area contributed by atoms with Crippen LogP contribution in [0.2, 0.25) is 0 Å². The van der Waals surface area contributed by atoms with Crippen LogP contribution in [0.4, 0.5) is 8.78 Å². The number of benzene rings is 1. The molecule has 1 aromatic rings. The number of carbonyl (C=O) groups excluding carboxylic acids is 1. The summed E-state index contributed by atoms with van der Waals surface area (Å²) < 4.78 is 25.7. The molecular formula is C12H14F2N2OS. The standard InChI is InChI=1S/C12H14F2N2OS/c1-16(5-4-11(15)18)12(17)7-8-2-3-9(13)10(14)6-8/h2-3,6H,4-5,7H2,1H3,(H2,15,18). The summed E-state index contributed by atoms with van der Waals surface area (Å²) in [7, 11) is 1.61. The van der Waals surface area contributed by atoms with Crippen LogP contribution < -0.4 is 5.73 Å². The van der Waals surface area contributed by atoms with Gasteiger partial charge in [0.2, 0.25) is 5.91 Å². The highest BCUT2D eigenvalue weighted by molar-refractivity contribution is 7.80. The summed E-state index contributed by atoms with van der Waals surface area (Å²) >= 11 is 4.71. The Labute approximate surface area is 110 Å². The molecule has 0 bridgehead atoms. The molecule has 2 N–H and O–H groups in total. The van der Waals surface area contributed by atoms with Gasteiger partial charge in [0.05, 0.1) is 11.4 Å². The summed E-state index contributed by atoms with van der Waals surface area (Å²) in [5, 5.41) is 0. The number of amides is 1. The molecule has 1 rings (SSSR count). The smallest absolute Gasteiger partial charge is 0.226 e. The number of nitrogens with two attached hydrogens (primary N) is 1. The molecule has 6 heteroatoms. The average molecular weight is 272 g/mol. The molecule has 0 spiro atoms. The first kappa shape index (κ1) is 14.5. The number of nitrogens with zero attached hydrogens (tertiary/aromatic N) is 1. The zero-order chi connectivity index (χ0) is 13.7. The summed E-state index contributed by atoms with van der Waals surface area (Å²) in [5.41, 5.74) is 5.76. The minimum absolute atomic E-state index is 0.0189. The van der Waals surface area contributed by atoms with Crippen molar-refractivity contribution in [2.24, 2.45) is 5.73 Å². The van der Waals surface area contributed by atoms with E-state index in [0.717, 1.165) is 12.1 Å². The van der Waals surface area contributed by atoms with Crippen molar-refractivity contribution < 1.29 is 13.6 Å². The lowest BCUT2D eigenvalue weighted by Crippen LogP contribution is -2.31. The average Bonchev–Trinajstić information content (AvgIpc) is 2.30. The molecule has 0 aromatic heterocycles. The van der Waals surface area contributed by atoms with Crippen molar-refractivity contribution >= 4 is 23.1 Å². The summed E-state index contributed by atoms with van der Waals surface area (Å²) in [5.74, 6) is -2.07. The molecule has 1 aromatic carbocycles. The molecular weight excluding hydrogens is 258 g/mol. The molecule has 1 amide bonds. The van der Waals surface area contributed by atoms with Crippen LogP contribution >= 0.6 is 12.2 Å². The molecule has 18 heavy (non-hydrogen) atoms. The van der Waals surface area contributed by atoms with Gasteiger partial charge in [-0.25, -0.2) is 8.78 Å². The molecule has 0 aliphatic heterocycles. The third-order valence-corrected chi connectivity index (χ3v) is 2.66. The molecule has 3 nitrogen and oxygen atoms in total. The first-order valence-electron chi connectivity index (χ1n) is 5.36. The topological polar surface area (TPSA) is 46.3 Å². The zero-order valence-electron chi connectivity index (χ0n) is 9.95. The quantitative estimate of drug-likeness (QED) is 0.829. The minimum atomic E-state index is -0.953. The molecule has 0 aliphatic rings. The Morgan fingerprint density at radius 3 is 2.61 bits per heavy atom. The van der Waals surface area contributed by atoms with Gasteiger partial charge >= 0.3 is 0 Å². The molecule has 0 heterocycles. The van der Waals surface area contributed by atoms with E-state index in [0.29, 0.717) is 23.5 Å². The molecule has 0 radical (unpaired) electrons. The highest BCUT2D eigenvalue weighted by atomic mass is 32.1. The van der Waals surface area contributed by atoms with E-state index in [1.165, 1.54) is 11.0 Å². The van der Waals surface area contributed by atoms with Crippen LogP contribution in [-0.2, 0) is 11.2 Å². The number of hydrogen-bond acceptors (Lipinski definition) is 2. The van der Waals surface area contributed by atoms with Gasteiger partial charge in [-0.1, -0.05) is 18.3 Å². The Hall–Kier alpha value is -1.56. The maximum Gasteiger partial charge on any atom is 0.226 e. The summed E-state index contributed by atoms with van der Waals surface area (Å²) in [6.45, 7) is 0.415. The van der Waals surface area contributed by atoms with Crippen molar-refractivity contribution in [3.63, 3.8) is 0 Å². The molecule has 0 unspecified atom stereocenters. The van der Waals surface area contributed by atoms with E-state index in [9.17, 15) is 13.6 Å². The van der Waals surface area contributed by atoms with Crippen molar-refractivity contribution in [2.45, 2.75) is 12.8 Å². The third-order valence-electron chi connectivity index (χ3n) is 2.46. The molecule has 0 saturated carbocycles. The van der Waals surface area contributed by atoms with Gasteiger partial charge in [0.1, 0.15) is 0 Å². The van der Waals surface area contributed by atoms with Gasteiger partial charge in [-0.2, -0.15) is 0 Å². The molecule has 0 atom stereocenters. The molecule has 98 valence electrons. The second kappa shape index (κ2) is 6.39.